The summed E-state index contributed by atoms with van der Waals surface area (Å²) in [7, 11) is -2.19. The minimum atomic E-state index is -3.71. The number of anilines is 2. The number of ether oxygens (including phenoxy) is 2. The van der Waals surface area contributed by atoms with Crippen molar-refractivity contribution in [3.63, 3.8) is 0 Å². The molecule has 1 aliphatic heterocycles. The predicted octanol–water partition coefficient (Wildman–Crippen LogP) is 2.95. The maximum absolute atomic E-state index is 12.9. The van der Waals surface area contributed by atoms with Gasteiger partial charge < -0.3 is 14.4 Å². The SMILES string of the molecule is COc1ccc(N2CCOCC2)cc1NS(=O)(=O)c1ccc(C)cc1C. The molecule has 0 unspecified atom stereocenters. The Morgan fingerprint density at radius 3 is 2.46 bits per heavy atom. The van der Waals surface area contributed by atoms with E-state index in [4.69, 9.17) is 9.47 Å². The van der Waals surface area contributed by atoms with Crippen LogP contribution in [0, 0.1) is 13.8 Å². The van der Waals surface area contributed by atoms with Crippen molar-refractivity contribution >= 4 is 21.4 Å². The largest absolute Gasteiger partial charge is 0.495 e. The molecule has 26 heavy (non-hydrogen) atoms. The van der Waals surface area contributed by atoms with Gasteiger partial charge in [0.2, 0.25) is 0 Å². The zero-order valence-corrected chi connectivity index (χ0v) is 16.1. The number of hydrogen-bond donors (Lipinski definition) is 1. The highest BCUT2D eigenvalue weighted by atomic mass is 32.2. The fraction of sp³-hybridized carbons (Fsp3) is 0.368. The van der Waals surface area contributed by atoms with Crippen LogP contribution in [0.5, 0.6) is 5.75 Å². The number of nitrogens with zero attached hydrogens (tertiary/aromatic N) is 1. The van der Waals surface area contributed by atoms with Crippen LogP contribution in [-0.4, -0.2) is 41.8 Å². The van der Waals surface area contributed by atoms with Crippen LogP contribution >= 0.6 is 0 Å². The van der Waals surface area contributed by atoms with Gasteiger partial charge in [0.15, 0.2) is 0 Å². The molecule has 2 aromatic rings. The Labute approximate surface area is 154 Å². The summed E-state index contributed by atoms with van der Waals surface area (Å²) in [5.41, 5.74) is 3.10. The summed E-state index contributed by atoms with van der Waals surface area (Å²) < 4.78 is 39.2. The number of hydrogen-bond acceptors (Lipinski definition) is 5. The van der Waals surface area contributed by atoms with E-state index in [1.165, 1.54) is 7.11 Å². The second-order valence-corrected chi connectivity index (χ2v) is 8.01. The Morgan fingerprint density at radius 1 is 1.08 bits per heavy atom. The van der Waals surface area contributed by atoms with Gasteiger partial charge in [0.05, 0.1) is 30.9 Å². The van der Waals surface area contributed by atoms with E-state index in [-0.39, 0.29) is 4.90 Å². The molecule has 0 amide bonds. The maximum Gasteiger partial charge on any atom is 0.262 e. The van der Waals surface area contributed by atoms with E-state index >= 15 is 0 Å². The number of benzene rings is 2. The van der Waals surface area contributed by atoms with E-state index in [9.17, 15) is 8.42 Å². The van der Waals surface area contributed by atoms with Gasteiger partial charge in [-0.15, -0.1) is 0 Å². The summed E-state index contributed by atoms with van der Waals surface area (Å²) in [6, 6.07) is 10.8. The van der Waals surface area contributed by atoms with Gasteiger partial charge >= 0.3 is 0 Å². The van der Waals surface area contributed by atoms with E-state index in [1.807, 2.05) is 25.1 Å². The molecule has 0 bridgehead atoms. The van der Waals surface area contributed by atoms with Gasteiger partial charge in [-0.3, -0.25) is 4.72 Å². The van der Waals surface area contributed by atoms with Crippen molar-refractivity contribution in [1.29, 1.82) is 0 Å². The topological polar surface area (TPSA) is 67.9 Å². The van der Waals surface area contributed by atoms with E-state index in [0.717, 1.165) is 24.3 Å². The zero-order chi connectivity index (χ0) is 18.7. The van der Waals surface area contributed by atoms with Crippen LogP contribution in [0.4, 0.5) is 11.4 Å². The molecule has 0 aromatic heterocycles. The fourth-order valence-electron chi connectivity index (χ4n) is 3.09. The Kier molecular flexibility index (Phi) is 5.38. The van der Waals surface area contributed by atoms with Crippen LogP contribution in [0.15, 0.2) is 41.3 Å². The summed E-state index contributed by atoms with van der Waals surface area (Å²) in [6.07, 6.45) is 0. The zero-order valence-electron chi connectivity index (χ0n) is 15.3. The normalized spacial score (nSPS) is 15.0. The van der Waals surface area contributed by atoms with Gasteiger partial charge in [0, 0.05) is 18.8 Å². The summed E-state index contributed by atoms with van der Waals surface area (Å²) in [6.45, 7) is 6.60. The number of methoxy groups -OCH3 is 1. The molecule has 0 spiro atoms. The standard InChI is InChI=1S/C19H24N2O4S/c1-14-4-7-19(15(2)12-14)26(22,23)20-17-13-16(5-6-18(17)24-3)21-8-10-25-11-9-21/h4-7,12-13,20H,8-11H2,1-3H3. The number of rotatable bonds is 5. The highest BCUT2D eigenvalue weighted by molar-refractivity contribution is 7.92. The second kappa shape index (κ2) is 7.55. The minimum absolute atomic E-state index is 0.266. The Hall–Kier alpha value is -2.25. The first-order chi connectivity index (χ1) is 12.4. The van der Waals surface area contributed by atoms with Crippen molar-refractivity contribution in [2.24, 2.45) is 0 Å². The fourth-order valence-corrected chi connectivity index (χ4v) is 4.38. The second-order valence-electron chi connectivity index (χ2n) is 6.36. The average Bonchev–Trinajstić information content (AvgIpc) is 2.61. The van der Waals surface area contributed by atoms with Gasteiger partial charge in [0.25, 0.3) is 10.0 Å². The summed E-state index contributed by atoms with van der Waals surface area (Å²) in [4.78, 5) is 2.43. The predicted molar refractivity (Wildman–Crippen MR) is 103 cm³/mol. The molecule has 140 valence electrons. The van der Waals surface area contributed by atoms with Crippen molar-refractivity contribution in [2.45, 2.75) is 18.7 Å². The van der Waals surface area contributed by atoms with Gasteiger partial charge in [-0.25, -0.2) is 8.42 Å². The monoisotopic (exact) mass is 376 g/mol. The third-order valence-electron chi connectivity index (χ3n) is 4.42. The van der Waals surface area contributed by atoms with Crippen LogP contribution < -0.4 is 14.4 Å². The average molecular weight is 376 g/mol. The molecule has 0 saturated carbocycles. The van der Waals surface area contributed by atoms with E-state index in [1.54, 1.807) is 25.1 Å². The third-order valence-corrected chi connectivity index (χ3v) is 5.95. The van der Waals surface area contributed by atoms with Crippen molar-refractivity contribution < 1.29 is 17.9 Å². The number of nitrogens with one attached hydrogen (secondary N) is 1. The van der Waals surface area contributed by atoms with Crippen LogP contribution in [0.3, 0.4) is 0 Å². The smallest absolute Gasteiger partial charge is 0.262 e. The molecule has 1 aliphatic rings. The number of aryl methyl sites for hydroxylation is 2. The lowest BCUT2D eigenvalue weighted by molar-refractivity contribution is 0.122. The number of morpholine rings is 1. The van der Waals surface area contributed by atoms with Gasteiger partial charge in [-0.1, -0.05) is 17.7 Å². The first-order valence-electron chi connectivity index (χ1n) is 8.51. The van der Waals surface area contributed by atoms with Crippen LogP contribution in [0.25, 0.3) is 0 Å². The van der Waals surface area contributed by atoms with Crippen LogP contribution in [0.1, 0.15) is 11.1 Å². The Bertz CT molecular complexity index is 890. The van der Waals surface area contributed by atoms with E-state index in [0.29, 0.717) is 30.2 Å². The van der Waals surface area contributed by atoms with Gasteiger partial charge in [0.1, 0.15) is 5.75 Å². The number of sulfonamides is 1. The van der Waals surface area contributed by atoms with E-state index in [2.05, 4.69) is 9.62 Å². The molecule has 0 radical (unpaired) electrons. The first kappa shape index (κ1) is 18.5. The molecule has 1 saturated heterocycles. The molecule has 2 aromatic carbocycles. The minimum Gasteiger partial charge on any atom is -0.495 e. The molecule has 0 aliphatic carbocycles. The molecular formula is C19H24N2O4S. The molecule has 1 N–H and O–H groups in total. The summed E-state index contributed by atoms with van der Waals surface area (Å²) in [5.74, 6) is 0.482. The quantitative estimate of drug-likeness (QED) is 0.869. The molecule has 6 nitrogen and oxygen atoms in total. The molecular weight excluding hydrogens is 352 g/mol. The van der Waals surface area contributed by atoms with Crippen molar-refractivity contribution in [1.82, 2.24) is 0 Å². The highest BCUT2D eigenvalue weighted by Gasteiger charge is 2.20. The lowest BCUT2D eigenvalue weighted by Crippen LogP contribution is -2.36. The van der Waals surface area contributed by atoms with E-state index < -0.39 is 10.0 Å². The van der Waals surface area contributed by atoms with Crippen molar-refractivity contribution in [2.75, 3.05) is 43.0 Å². The lowest BCUT2D eigenvalue weighted by Gasteiger charge is -2.29. The van der Waals surface area contributed by atoms with Crippen molar-refractivity contribution in [3.8, 4) is 5.75 Å². The molecule has 1 fully saturated rings. The third kappa shape index (κ3) is 3.94. The molecule has 7 heteroatoms. The Balaban J connectivity index is 1.94. The summed E-state index contributed by atoms with van der Waals surface area (Å²) >= 11 is 0. The van der Waals surface area contributed by atoms with Crippen LogP contribution in [0.2, 0.25) is 0 Å². The maximum atomic E-state index is 12.9. The highest BCUT2D eigenvalue weighted by Crippen LogP contribution is 2.32. The molecule has 1 heterocycles. The van der Waals surface area contributed by atoms with Crippen molar-refractivity contribution in [3.05, 3.63) is 47.5 Å². The Morgan fingerprint density at radius 2 is 1.81 bits per heavy atom. The van der Waals surface area contributed by atoms with Gasteiger partial charge in [-0.05, 0) is 43.7 Å². The molecule has 3 rings (SSSR count). The first-order valence-corrected chi connectivity index (χ1v) is 10.00. The van der Waals surface area contributed by atoms with Crippen LogP contribution in [-0.2, 0) is 14.8 Å². The molecule has 0 atom stereocenters. The van der Waals surface area contributed by atoms with Gasteiger partial charge in [-0.2, -0.15) is 0 Å². The lowest BCUT2D eigenvalue weighted by atomic mass is 10.2. The summed E-state index contributed by atoms with van der Waals surface area (Å²) in [5, 5.41) is 0.